The van der Waals surface area contributed by atoms with Gasteiger partial charge in [-0.25, -0.2) is 4.79 Å². The van der Waals surface area contributed by atoms with Crippen LogP contribution in [0.5, 0.6) is 0 Å². The maximum absolute atomic E-state index is 12.4. The number of rotatable bonds is 7. The van der Waals surface area contributed by atoms with Gasteiger partial charge in [-0.15, -0.1) is 0 Å². The number of carbonyl (C=O) groups excluding carboxylic acids is 1. The molecule has 1 aromatic rings. The normalized spacial score (nSPS) is 11.5. The van der Waals surface area contributed by atoms with Crippen molar-refractivity contribution in [2.24, 2.45) is 5.41 Å². The maximum Gasteiger partial charge on any atom is 0.321 e. The van der Waals surface area contributed by atoms with E-state index in [1.807, 2.05) is 10.9 Å². The van der Waals surface area contributed by atoms with Gasteiger partial charge in [-0.3, -0.25) is 4.68 Å². The molecule has 0 saturated heterocycles. The molecular formula is C15H28N4O2. The first-order chi connectivity index (χ1) is 9.85. The zero-order valence-electron chi connectivity index (χ0n) is 13.6. The molecule has 0 spiro atoms. The first kappa shape index (κ1) is 17.5. The predicted octanol–water partition coefficient (Wildman–Crippen LogP) is 2.56. The lowest BCUT2D eigenvalue weighted by Crippen LogP contribution is -2.41. The lowest BCUT2D eigenvalue weighted by molar-refractivity contribution is 0.176. The number of nitrogens with zero attached hydrogens (tertiary/aromatic N) is 3. The summed E-state index contributed by atoms with van der Waals surface area (Å²) in [5.74, 6) is 0. The van der Waals surface area contributed by atoms with Gasteiger partial charge in [0.25, 0.3) is 0 Å². The summed E-state index contributed by atoms with van der Waals surface area (Å²) in [5, 5.41) is 16.0. The fourth-order valence-corrected chi connectivity index (χ4v) is 2.07. The molecule has 2 amide bonds. The lowest BCUT2D eigenvalue weighted by Gasteiger charge is -2.29. The Kier molecular flexibility index (Phi) is 6.68. The Bertz CT molecular complexity index is 437. The number of aliphatic hydroxyl groups is 1. The van der Waals surface area contributed by atoms with Gasteiger partial charge in [-0.2, -0.15) is 5.10 Å². The molecular weight excluding hydrogens is 268 g/mol. The predicted molar refractivity (Wildman–Crippen MR) is 84.3 cm³/mol. The molecule has 0 aliphatic rings. The molecule has 0 fully saturated rings. The molecule has 120 valence electrons. The molecule has 1 rings (SSSR count). The van der Waals surface area contributed by atoms with Crippen LogP contribution < -0.4 is 5.32 Å². The van der Waals surface area contributed by atoms with Gasteiger partial charge in [-0.1, -0.05) is 27.7 Å². The number of aliphatic hydroxyl groups excluding tert-OH is 1. The van der Waals surface area contributed by atoms with Crippen molar-refractivity contribution in [3.05, 3.63) is 12.4 Å². The highest BCUT2D eigenvalue weighted by molar-refractivity contribution is 5.89. The van der Waals surface area contributed by atoms with Crippen LogP contribution in [0.2, 0.25) is 0 Å². The van der Waals surface area contributed by atoms with Gasteiger partial charge < -0.3 is 15.3 Å². The van der Waals surface area contributed by atoms with Gasteiger partial charge in [-0.05, 0) is 18.3 Å². The number of hydrogen-bond acceptors (Lipinski definition) is 3. The molecule has 0 bridgehead atoms. The molecule has 0 atom stereocenters. The van der Waals surface area contributed by atoms with Crippen LogP contribution in [0.4, 0.5) is 10.5 Å². The van der Waals surface area contributed by atoms with E-state index in [2.05, 4.69) is 38.1 Å². The summed E-state index contributed by atoms with van der Waals surface area (Å²) in [4.78, 5) is 14.1. The highest BCUT2D eigenvalue weighted by Crippen LogP contribution is 2.16. The van der Waals surface area contributed by atoms with Crippen LogP contribution in [0.3, 0.4) is 0 Å². The van der Waals surface area contributed by atoms with Gasteiger partial charge in [0, 0.05) is 32.4 Å². The fraction of sp³-hybridized carbons (Fsp3) is 0.733. The Labute approximate surface area is 127 Å². The van der Waals surface area contributed by atoms with Crippen molar-refractivity contribution in [3.8, 4) is 0 Å². The molecule has 1 aromatic heterocycles. The third kappa shape index (κ3) is 6.62. The minimum atomic E-state index is -0.144. The minimum Gasteiger partial charge on any atom is -0.396 e. The summed E-state index contributed by atoms with van der Waals surface area (Å²) in [7, 11) is 0. The minimum absolute atomic E-state index is 0.0131. The van der Waals surface area contributed by atoms with Gasteiger partial charge in [0.15, 0.2) is 0 Å². The zero-order chi connectivity index (χ0) is 15.9. The first-order valence-corrected chi connectivity index (χ1v) is 7.55. The number of aromatic nitrogens is 2. The van der Waals surface area contributed by atoms with Crippen LogP contribution in [0.1, 0.15) is 40.5 Å². The lowest BCUT2D eigenvalue weighted by atomic mass is 9.96. The van der Waals surface area contributed by atoms with E-state index in [0.29, 0.717) is 25.2 Å². The molecule has 1 heterocycles. The van der Waals surface area contributed by atoms with Crippen LogP contribution in [0, 0.1) is 5.41 Å². The highest BCUT2D eigenvalue weighted by Gasteiger charge is 2.21. The van der Waals surface area contributed by atoms with E-state index in [9.17, 15) is 4.79 Å². The molecule has 0 unspecified atom stereocenters. The average molecular weight is 296 g/mol. The Morgan fingerprint density at radius 2 is 2.19 bits per heavy atom. The molecule has 6 heteroatoms. The monoisotopic (exact) mass is 296 g/mol. The van der Waals surface area contributed by atoms with Crippen LogP contribution >= 0.6 is 0 Å². The number of anilines is 1. The van der Waals surface area contributed by atoms with Crippen molar-refractivity contribution >= 4 is 11.7 Å². The number of carbonyl (C=O) groups is 1. The zero-order valence-corrected chi connectivity index (χ0v) is 13.6. The summed E-state index contributed by atoms with van der Waals surface area (Å²) in [6.07, 6.45) is 5.08. The average Bonchev–Trinajstić information content (AvgIpc) is 2.81. The van der Waals surface area contributed by atoms with E-state index in [4.69, 9.17) is 5.11 Å². The second kappa shape index (κ2) is 8.02. The van der Waals surface area contributed by atoms with Crippen molar-refractivity contribution in [3.63, 3.8) is 0 Å². The third-order valence-electron chi connectivity index (χ3n) is 2.88. The molecule has 21 heavy (non-hydrogen) atoms. The van der Waals surface area contributed by atoms with Crippen molar-refractivity contribution < 1.29 is 9.90 Å². The van der Waals surface area contributed by atoms with Gasteiger partial charge in [0.1, 0.15) is 0 Å². The van der Waals surface area contributed by atoms with Crippen LogP contribution in [-0.2, 0) is 6.54 Å². The Balaban J connectivity index is 2.65. The summed E-state index contributed by atoms with van der Waals surface area (Å²) >= 11 is 0. The topological polar surface area (TPSA) is 70.4 Å². The van der Waals surface area contributed by atoms with E-state index in [1.165, 1.54) is 0 Å². The molecule has 2 N–H and O–H groups in total. The Morgan fingerprint density at radius 1 is 1.48 bits per heavy atom. The standard InChI is InChI=1S/C15H28N4O2/c1-5-7-19-11-13(10-16-19)17-14(21)18(8-6-9-20)12-15(2,3)4/h10-11,20H,5-9,12H2,1-4H3,(H,17,21). The summed E-state index contributed by atoms with van der Waals surface area (Å²) in [6.45, 7) is 10.5. The summed E-state index contributed by atoms with van der Waals surface area (Å²) in [5.41, 5.74) is 0.718. The van der Waals surface area contributed by atoms with Crippen molar-refractivity contribution in [2.75, 3.05) is 25.0 Å². The van der Waals surface area contributed by atoms with E-state index in [0.717, 1.165) is 13.0 Å². The third-order valence-corrected chi connectivity index (χ3v) is 2.88. The number of amides is 2. The molecule has 0 aromatic carbocycles. The van der Waals surface area contributed by atoms with Gasteiger partial charge in [0.2, 0.25) is 0 Å². The number of nitrogens with one attached hydrogen (secondary N) is 1. The smallest absolute Gasteiger partial charge is 0.321 e. The number of hydrogen-bond donors (Lipinski definition) is 2. The Morgan fingerprint density at radius 3 is 2.76 bits per heavy atom. The van der Waals surface area contributed by atoms with Crippen LogP contribution in [-0.4, -0.2) is 45.5 Å². The van der Waals surface area contributed by atoms with Crippen molar-refractivity contribution in [1.82, 2.24) is 14.7 Å². The SMILES string of the molecule is CCCn1cc(NC(=O)N(CCCO)CC(C)(C)C)cn1. The second-order valence-corrected chi connectivity index (χ2v) is 6.48. The fourth-order valence-electron chi connectivity index (χ4n) is 2.07. The van der Waals surface area contributed by atoms with E-state index < -0.39 is 0 Å². The molecule has 0 saturated carbocycles. The number of aryl methyl sites for hydroxylation is 1. The van der Waals surface area contributed by atoms with Crippen molar-refractivity contribution in [1.29, 1.82) is 0 Å². The quantitative estimate of drug-likeness (QED) is 0.812. The van der Waals surface area contributed by atoms with Gasteiger partial charge >= 0.3 is 6.03 Å². The van der Waals surface area contributed by atoms with E-state index in [-0.39, 0.29) is 18.1 Å². The largest absolute Gasteiger partial charge is 0.396 e. The van der Waals surface area contributed by atoms with Crippen LogP contribution in [0.25, 0.3) is 0 Å². The van der Waals surface area contributed by atoms with E-state index >= 15 is 0 Å². The molecule has 0 radical (unpaired) electrons. The van der Waals surface area contributed by atoms with E-state index in [1.54, 1.807) is 11.1 Å². The second-order valence-electron chi connectivity index (χ2n) is 6.48. The van der Waals surface area contributed by atoms with Gasteiger partial charge in [0.05, 0.1) is 11.9 Å². The molecule has 6 nitrogen and oxygen atoms in total. The highest BCUT2D eigenvalue weighted by atomic mass is 16.3. The summed E-state index contributed by atoms with van der Waals surface area (Å²) in [6, 6.07) is -0.144. The van der Waals surface area contributed by atoms with Crippen LogP contribution in [0.15, 0.2) is 12.4 Å². The molecule has 0 aliphatic carbocycles. The first-order valence-electron chi connectivity index (χ1n) is 7.55. The maximum atomic E-state index is 12.4. The van der Waals surface area contributed by atoms with Crippen molar-refractivity contribution in [2.45, 2.75) is 47.1 Å². The molecule has 0 aliphatic heterocycles. The Hall–Kier alpha value is -1.56. The summed E-state index contributed by atoms with van der Waals surface area (Å²) < 4.78 is 1.82. The number of urea groups is 1.